The van der Waals surface area contributed by atoms with Gasteiger partial charge in [-0.3, -0.25) is 0 Å². The van der Waals surface area contributed by atoms with E-state index in [2.05, 4.69) is 10.0 Å². The van der Waals surface area contributed by atoms with Crippen molar-refractivity contribution in [3.63, 3.8) is 0 Å². The molecule has 0 aromatic rings. The van der Waals surface area contributed by atoms with Crippen LogP contribution in [-0.4, -0.2) is 46.5 Å². The maximum absolute atomic E-state index is 9.52. The van der Waals surface area contributed by atoms with E-state index in [0.29, 0.717) is 0 Å². The van der Waals surface area contributed by atoms with E-state index >= 15 is 0 Å². The predicted octanol–water partition coefficient (Wildman–Crippen LogP) is -0.628. The fourth-order valence-corrected chi connectivity index (χ4v) is 1.42. The van der Waals surface area contributed by atoms with Crippen LogP contribution in [0.25, 0.3) is 10.4 Å². The normalized spacial score (nSPS) is 43.0. The summed E-state index contributed by atoms with van der Waals surface area (Å²) >= 11 is 0. The van der Waals surface area contributed by atoms with Crippen LogP contribution in [0.1, 0.15) is 6.92 Å². The van der Waals surface area contributed by atoms with Gasteiger partial charge < -0.3 is 20.1 Å². The Morgan fingerprint density at radius 3 is 2.57 bits per heavy atom. The molecule has 7 nitrogen and oxygen atoms in total. The Hall–Kier alpha value is -0.850. The van der Waals surface area contributed by atoms with Gasteiger partial charge >= 0.3 is 0 Å². The third-order valence-electron chi connectivity index (χ3n) is 2.38. The highest BCUT2D eigenvalue weighted by molar-refractivity contribution is 4.88. The van der Waals surface area contributed by atoms with E-state index in [1.165, 1.54) is 0 Å². The van der Waals surface area contributed by atoms with Crippen molar-refractivity contribution in [3.8, 4) is 0 Å². The first-order valence-electron chi connectivity index (χ1n) is 4.28. The standard InChI is InChI=1S/C7H13N3O4/c1-3-5(12)6(13)4(2-11)14-7(3)9-10-8/h3-7,11-13H,2H2,1H3/t3?,4?,5-,6-,7-/m1/s1. The molecule has 0 amide bonds. The maximum Gasteiger partial charge on any atom is 0.142 e. The second-order valence-electron chi connectivity index (χ2n) is 3.29. The molecule has 0 aliphatic carbocycles. The van der Waals surface area contributed by atoms with Gasteiger partial charge in [0.2, 0.25) is 0 Å². The average molecular weight is 203 g/mol. The molecule has 0 saturated carbocycles. The molecule has 0 bridgehead atoms. The molecule has 14 heavy (non-hydrogen) atoms. The zero-order valence-corrected chi connectivity index (χ0v) is 7.69. The number of hydrogen-bond donors (Lipinski definition) is 3. The van der Waals surface area contributed by atoms with Crippen LogP contribution >= 0.6 is 0 Å². The molecule has 1 rings (SSSR count). The molecule has 1 fully saturated rings. The molecular weight excluding hydrogens is 190 g/mol. The molecule has 3 N–H and O–H groups in total. The Bertz CT molecular complexity index is 241. The molecule has 0 spiro atoms. The lowest BCUT2D eigenvalue weighted by atomic mass is 9.92. The van der Waals surface area contributed by atoms with E-state index in [1.807, 2.05) is 0 Å². The van der Waals surface area contributed by atoms with Crippen molar-refractivity contribution in [3.05, 3.63) is 10.4 Å². The molecule has 5 atom stereocenters. The van der Waals surface area contributed by atoms with E-state index in [9.17, 15) is 10.2 Å². The van der Waals surface area contributed by atoms with E-state index in [4.69, 9.17) is 15.4 Å². The summed E-state index contributed by atoms with van der Waals surface area (Å²) in [6.45, 7) is 1.17. The number of hydrogen-bond acceptors (Lipinski definition) is 5. The first-order valence-corrected chi connectivity index (χ1v) is 4.28. The molecule has 0 radical (unpaired) electrons. The van der Waals surface area contributed by atoms with Crippen LogP contribution in [0.15, 0.2) is 5.11 Å². The molecular formula is C7H13N3O4. The fraction of sp³-hybridized carbons (Fsp3) is 1.00. The zero-order valence-electron chi connectivity index (χ0n) is 7.69. The quantitative estimate of drug-likeness (QED) is 0.314. The highest BCUT2D eigenvalue weighted by atomic mass is 16.5. The second-order valence-corrected chi connectivity index (χ2v) is 3.29. The highest BCUT2D eigenvalue weighted by Gasteiger charge is 2.41. The lowest BCUT2D eigenvalue weighted by molar-refractivity contribution is -0.203. The summed E-state index contributed by atoms with van der Waals surface area (Å²) in [5.41, 5.74) is 8.22. The van der Waals surface area contributed by atoms with Crippen LogP contribution in [-0.2, 0) is 4.74 Å². The Kier molecular flexibility index (Phi) is 3.68. The lowest BCUT2D eigenvalue weighted by Crippen LogP contribution is -2.54. The largest absolute Gasteiger partial charge is 0.394 e. The number of rotatable bonds is 2. The molecule has 1 aliphatic rings. The monoisotopic (exact) mass is 203 g/mol. The van der Waals surface area contributed by atoms with Crippen LogP contribution in [0.5, 0.6) is 0 Å². The van der Waals surface area contributed by atoms with Gasteiger partial charge in [0, 0.05) is 10.8 Å². The van der Waals surface area contributed by atoms with Crippen molar-refractivity contribution in [2.24, 2.45) is 11.0 Å². The minimum atomic E-state index is -1.15. The van der Waals surface area contributed by atoms with Gasteiger partial charge in [-0.15, -0.1) is 0 Å². The third-order valence-corrected chi connectivity index (χ3v) is 2.38. The predicted molar refractivity (Wildman–Crippen MR) is 46.1 cm³/mol. The zero-order chi connectivity index (χ0) is 10.7. The van der Waals surface area contributed by atoms with Gasteiger partial charge in [0.05, 0.1) is 12.7 Å². The van der Waals surface area contributed by atoms with E-state index in [0.717, 1.165) is 0 Å². The summed E-state index contributed by atoms with van der Waals surface area (Å²) in [6, 6.07) is 0. The number of aliphatic hydroxyl groups is 3. The molecule has 1 heterocycles. The van der Waals surface area contributed by atoms with Crippen LogP contribution in [0, 0.1) is 5.92 Å². The Balaban J connectivity index is 2.77. The maximum atomic E-state index is 9.52. The van der Waals surface area contributed by atoms with Crippen molar-refractivity contribution in [2.45, 2.75) is 31.5 Å². The summed E-state index contributed by atoms with van der Waals surface area (Å²) in [5, 5.41) is 31.1. The number of nitrogens with zero attached hydrogens (tertiary/aromatic N) is 3. The first kappa shape index (κ1) is 11.2. The van der Waals surface area contributed by atoms with Crippen LogP contribution in [0.2, 0.25) is 0 Å². The second kappa shape index (κ2) is 4.59. The first-order chi connectivity index (χ1) is 6.61. The van der Waals surface area contributed by atoms with E-state index < -0.39 is 37.1 Å². The average Bonchev–Trinajstić information content (AvgIpc) is 2.19. The number of ether oxygens (including phenoxy) is 1. The third kappa shape index (κ3) is 1.97. The minimum absolute atomic E-state index is 0.428. The molecule has 7 heteroatoms. The summed E-state index contributed by atoms with van der Waals surface area (Å²) in [4.78, 5) is 2.56. The highest BCUT2D eigenvalue weighted by Crippen LogP contribution is 2.26. The van der Waals surface area contributed by atoms with Gasteiger partial charge in [0.15, 0.2) is 0 Å². The number of aliphatic hydroxyl groups excluding tert-OH is 3. The van der Waals surface area contributed by atoms with Gasteiger partial charge in [0.1, 0.15) is 18.4 Å². The van der Waals surface area contributed by atoms with Gasteiger partial charge in [-0.05, 0) is 5.53 Å². The van der Waals surface area contributed by atoms with Crippen molar-refractivity contribution in [2.75, 3.05) is 6.61 Å². The van der Waals surface area contributed by atoms with Gasteiger partial charge in [-0.25, -0.2) is 0 Å². The smallest absolute Gasteiger partial charge is 0.142 e. The lowest BCUT2D eigenvalue weighted by Gasteiger charge is -2.39. The van der Waals surface area contributed by atoms with E-state index in [1.54, 1.807) is 6.92 Å². The molecule has 1 aliphatic heterocycles. The molecule has 2 unspecified atom stereocenters. The van der Waals surface area contributed by atoms with Crippen LogP contribution in [0.4, 0.5) is 0 Å². The van der Waals surface area contributed by atoms with Crippen molar-refractivity contribution in [1.29, 1.82) is 0 Å². The molecule has 80 valence electrons. The van der Waals surface area contributed by atoms with Gasteiger partial charge in [0.25, 0.3) is 0 Å². The Morgan fingerprint density at radius 2 is 2.07 bits per heavy atom. The van der Waals surface area contributed by atoms with Crippen LogP contribution in [0.3, 0.4) is 0 Å². The Labute approximate surface area is 80.6 Å². The molecule has 1 saturated heterocycles. The fourth-order valence-electron chi connectivity index (χ4n) is 1.42. The van der Waals surface area contributed by atoms with Gasteiger partial charge in [-0.1, -0.05) is 12.0 Å². The summed E-state index contributed by atoms with van der Waals surface area (Å²) in [7, 11) is 0. The van der Waals surface area contributed by atoms with Gasteiger partial charge in [-0.2, -0.15) is 0 Å². The Morgan fingerprint density at radius 1 is 1.43 bits per heavy atom. The summed E-state index contributed by atoms with van der Waals surface area (Å²) < 4.78 is 5.09. The van der Waals surface area contributed by atoms with E-state index in [-0.39, 0.29) is 0 Å². The van der Waals surface area contributed by atoms with Crippen molar-refractivity contribution < 1.29 is 20.1 Å². The topological polar surface area (TPSA) is 119 Å². The number of azide groups is 1. The molecule has 0 aromatic heterocycles. The van der Waals surface area contributed by atoms with Crippen LogP contribution < -0.4 is 0 Å². The van der Waals surface area contributed by atoms with Crippen molar-refractivity contribution in [1.82, 2.24) is 0 Å². The molecule has 0 aromatic carbocycles. The summed E-state index contributed by atoms with van der Waals surface area (Å²) in [5.74, 6) is -0.497. The minimum Gasteiger partial charge on any atom is -0.394 e. The summed E-state index contributed by atoms with van der Waals surface area (Å²) in [6.07, 6.45) is -3.97. The SMILES string of the molecule is CC1[C@H](N=[N+]=[N-])OC(CO)[C@@H](O)[C@@H]1O. The van der Waals surface area contributed by atoms with Crippen molar-refractivity contribution >= 4 is 0 Å².